The summed E-state index contributed by atoms with van der Waals surface area (Å²) in [5.74, 6) is -7.93. The predicted octanol–water partition coefficient (Wildman–Crippen LogP) is -3.25. The van der Waals surface area contributed by atoms with Crippen LogP contribution in [0.4, 0.5) is 0 Å². The molecular weight excluding hydrogens is 416 g/mol. The van der Waals surface area contributed by atoms with Crippen LogP contribution in [0.2, 0.25) is 0 Å². The lowest BCUT2D eigenvalue weighted by atomic mass is 9.93. The van der Waals surface area contributed by atoms with Crippen molar-refractivity contribution < 1.29 is 39.0 Å². The van der Waals surface area contributed by atoms with Gasteiger partial charge in [0.1, 0.15) is 12.0 Å². The first-order chi connectivity index (χ1) is 14.5. The first kappa shape index (κ1) is 25.5. The summed E-state index contributed by atoms with van der Waals surface area (Å²) in [6.45, 7) is -0.398. The number of guanidine groups is 1. The number of hydrogen-bond donors (Lipinski definition) is 6. The lowest BCUT2D eigenvalue weighted by Crippen LogP contribution is -2.49. The van der Waals surface area contributed by atoms with Crippen molar-refractivity contribution in [2.24, 2.45) is 28.1 Å². The zero-order chi connectivity index (χ0) is 23.7. The molecule has 14 heteroatoms. The smallest absolute Gasteiger partial charge is 0.326 e. The summed E-state index contributed by atoms with van der Waals surface area (Å²) in [6.07, 6.45) is -1.38. The number of nitrogens with two attached hydrogens (primary N) is 3. The van der Waals surface area contributed by atoms with Gasteiger partial charge >= 0.3 is 11.9 Å². The van der Waals surface area contributed by atoms with Crippen LogP contribution in [-0.4, -0.2) is 81.7 Å². The van der Waals surface area contributed by atoms with E-state index in [9.17, 15) is 33.9 Å². The standard InChI is InChI=1S/C17H26N6O8/c18-7-11(24)22-9(3-4-13(26)27)14(28)8-6-12(25)23(15(8)29)10(16(30)31)2-1-5-21-17(19)20/h8-10H,1-7,18H2,(H,22,24)(H,26,27)(H,30,31)(H4,19,20,21)/t8-,9+,10+/m1/s1. The zero-order valence-electron chi connectivity index (χ0n) is 16.7. The number of Topliss-reactive ketones (excluding diaryl/α,β-unsaturated/α-hetero) is 1. The number of aliphatic carboxylic acids is 2. The highest BCUT2D eigenvalue weighted by molar-refractivity contribution is 6.17. The third-order valence-corrected chi connectivity index (χ3v) is 4.56. The highest BCUT2D eigenvalue weighted by atomic mass is 16.4. The minimum Gasteiger partial charge on any atom is -0.481 e. The van der Waals surface area contributed by atoms with Crippen LogP contribution in [-0.2, 0) is 28.8 Å². The summed E-state index contributed by atoms with van der Waals surface area (Å²) in [5.41, 5.74) is 15.6. The van der Waals surface area contributed by atoms with Gasteiger partial charge in [0.15, 0.2) is 11.7 Å². The second-order valence-electron chi connectivity index (χ2n) is 6.82. The number of carboxylic acids is 2. The Kier molecular flexibility index (Phi) is 9.53. The summed E-state index contributed by atoms with van der Waals surface area (Å²) in [7, 11) is 0. The van der Waals surface area contributed by atoms with Crippen molar-refractivity contribution in [3.63, 3.8) is 0 Å². The molecule has 14 nitrogen and oxygen atoms in total. The maximum absolute atomic E-state index is 12.8. The van der Waals surface area contributed by atoms with Crippen molar-refractivity contribution in [3.05, 3.63) is 0 Å². The van der Waals surface area contributed by atoms with E-state index in [1.54, 1.807) is 0 Å². The summed E-state index contributed by atoms with van der Waals surface area (Å²) >= 11 is 0. The fraction of sp³-hybridized carbons (Fsp3) is 0.588. The predicted molar refractivity (Wildman–Crippen MR) is 104 cm³/mol. The topological polar surface area (TPSA) is 249 Å². The molecule has 0 aliphatic carbocycles. The van der Waals surface area contributed by atoms with E-state index in [0.29, 0.717) is 4.90 Å². The Balaban J connectivity index is 2.99. The quantitative estimate of drug-likeness (QED) is 0.0543. The molecule has 1 heterocycles. The van der Waals surface area contributed by atoms with E-state index in [2.05, 4.69) is 10.3 Å². The van der Waals surface area contributed by atoms with Gasteiger partial charge < -0.3 is 32.7 Å². The minimum atomic E-state index is -1.54. The SMILES string of the molecule is NCC(=O)N[C@@H](CCC(=O)O)C(=O)[C@H]1CC(=O)N([C@@H](CCCN=C(N)N)C(=O)O)C1=O. The molecule has 1 rings (SSSR count). The summed E-state index contributed by atoms with van der Waals surface area (Å²) in [5, 5.41) is 20.5. The molecule has 1 aliphatic rings. The van der Waals surface area contributed by atoms with E-state index in [1.165, 1.54) is 0 Å². The van der Waals surface area contributed by atoms with Gasteiger partial charge in [-0.2, -0.15) is 0 Å². The van der Waals surface area contributed by atoms with Crippen LogP contribution >= 0.6 is 0 Å². The highest BCUT2D eigenvalue weighted by Gasteiger charge is 2.49. The number of imide groups is 1. The van der Waals surface area contributed by atoms with Crippen molar-refractivity contribution in [1.82, 2.24) is 10.2 Å². The first-order valence-electron chi connectivity index (χ1n) is 9.38. The van der Waals surface area contributed by atoms with Gasteiger partial charge in [0, 0.05) is 19.4 Å². The van der Waals surface area contributed by atoms with Crippen LogP contribution in [0.3, 0.4) is 0 Å². The normalized spacial score (nSPS) is 17.7. The van der Waals surface area contributed by atoms with E-state index in [4.69, 9.17) is 22.3 Å². The molecule has 9 N–H and O–H groups in total. The molecule has 0 bridgehead atoms. The van der Waals surface area contributed by atoms with Crippen LogP contribution in [0.25, 0.3) is 0 Å². The molecule has 3 atom stereocenters. The number of carboxylic acid groups (broad SMARTS) is 2. The Labute approximate surface area is 176 Å². The van der Waals surface area contributed by atoms with Crippen LogP contribution in [0.5, 0.6) is 0 Å². The fourth-order valence-electron chi connectivity index (χ4n) is 3.11. The van der Waals surface area contributed by atoms with Gasteiger partial charge in [-0.3, -0.25) is 33.9 Å². The van der Waals surface area contributed by atoms with Crippen LogP contribution in [0.15, 0.2) is 4.99 Å². The molecule has 31 heavy (non-hydrogen) atoms. The van der Waals surface area contributed by atoms with Crippen LogP contribution < -0.4 is 22.5 Å². The van der Waals surface area contributed by atoms with Gasteiger partial charge in [-0.1, -0.05) is 0 Å². The molecule has 3 amide bonds. The van der Waals surface area contributed by atoms with Crippen molar-refractivity contribution in [2.75, 3.05) is 13.1 Å². The Bertz CT molecular complexity index is 779. The number of hydrogen-bond acceptors (Lipinski definition) is 8. The number of amides is 3. The molecule has 0 aromatic carbocycles. The summed E-state index contributed by atoms with van der Waals surface area (Å²) < 4.78 is 0. The Morgan fingerprint density at radius 3 is 2.32 bits per heavy atom. The summed E-state index contributed by atoms with van der Waals surface area (Å²) in [4.78, 5) is 76.2. The van der Waals surface area contributed by atoms with Crippen molar-refractivity contribution in [3.8, 4) is 0 Å². The highest BCUT2D eigenvalue weighted by Crippen LogP contribution is 2.26. The Hall–Kier alpha value is -3.55. The lowest BCUT2D eigenvalue weighted by Gasteiger charge is -2.23. The fourth-order valence-corrected chi connectivity index (χ4v) is 3.11. The molecule has 0 aromatic heterocycles. The van der Waals surface area contributed by atoms with Gasteiger partial charge in [-0.25, -0.2) is 4.79 Å². The maximum Gasteiger partial charge on any atom is 0.326 e. The second kappa shape index (κ2) is 11.6. The number of nitrogens with one attached hydrogen (secondary N) is 1. The lowest BCUT2D eigenvalue weighted by molar-refractivity contribution is -0.155. The number of aliphatic imine (C=N–C) groups is 1. The van der Waals surface area contributed by atoms with E-state index in [-0.39, 0.29) is 31.8 Å². The van der Waals surface area contributed by atoms with Gasteiger partial charge in [-0.05, 0) is 19.3 Å². The third-order valence-electron chi connectivity index (χ3n) is 4.56. The third kappa shape index (κ3) is 7.33. The van der Waals surface area contributed by atoms with Gasteiger partial charge in [0.05, 0.1) is 12.6 Å². The molecule has 172 valence electrons. The molecule has 1 aliphatic heterocycles. The molecular formula is C17H26N6O8. The Morgan fingerprint density at radius 2 is 1.81 bits per heavy atom. The molecule has 1 fully saturated rings. The Morgan fingerprint density at radius 1 is 1.16 bits per heavy atom. The number of rotatable bonds is 13. The first-order valence-corrected chi connectivity index (χ1v) is 9.38. The molecule has 0 spiro atoms. The van der Waals surface area contributed by atoms with Gasteiger partial charge in [0.25, 0.3) is 0 Å². The van der Waals surface area contributed by atoms with Crippen LogP contribution in [0, 0.1) is 5.92 Å². The monoisotopic (exact) mass is 442 g/mol. The van der Waals surface area contributed by atoms with E-state index in [0.717, 1.165) is 0 Å². The number of ketones is 1. The van der Waals surface area contributed by atoms with E-state index >= 15 is 0 Å². The van der Waals surface area contributed by atoms with E-state index < -0.39 is 72.8 Å². The van der Waals surface area contributed by atoms with Crippen molar-refractivity contribution in [1.29, 1.82) is 0 Å². The van der Waals surface area contributed by atoms with E-state index in [1.807, 2.05) is 0 Å². The van der Waals surface area contributed by atoms with Crippen molar-refractivity contribution >= 4 is 41.4 Å². The van der Waals surface area contributed by atoms with Gasteiger partial charge in [-0.15, -0.1) is 0 Å². The minimum absolute atomic E-state index is 0.0765. The molecule has 0 radical (unpaired) electrons. The molecule has 1 saturated heterocycles. The molecule has 0 saturated carbocycles. The maximum atomic E-state index is 12.8. The number of nitrogens with zero attached hydrogens (tertiary/aromatic N) is 2. The zero-order valence-corrected chi connectivity index (χ0v) is 16.7. The molecule has 0 unspecified atom stereocenters. The molecule has 0 aromatic rings. The second-order valence-corrected chi connectivity index (χ2v) is 6.82. The van der Waals surface area contributed by atoms with Gasteiger partial charge in [0.2, 0.25) is 17.7 Å². The van der Waals surface area contributed by atoms with Crippen LogP contribution in [0.1, 0.15) is 32.1 Å². The summed E-state index contributed by atoms with van der Waals surface area (Å²) in [6, 6.07) is -2.89. The van der Waals surface area contributed by atoms with Crippen molar-refractivity contribution in [2.45, 2.75) is 44.2 Å². The average molecular weight is 442 g/mol. The number of carbonyl (C=O) groups is 6. The average Bonchev–Trinajstić information content (AvgIpc) is 2.98. The number of likely N-dealkylation sites (tertiary alicyclic amines) is 1. The number of carbonyl (C=O) groups excluding carboxylic acids is 4. The largest absolute Gasteiger partial charge is 0.481 e.